The Balaban J connectivity index is 1.10. The quantitative estimate of drug-likeness (QED) is 0.372. The summed E-state index contributed by atoms with van der Waals surface area (Å²) in [5.74, 6) is 4.56. The van der Waals surface area contributed by atoms with Gasteiger partial charge in [-0.1, -0.05) is 5.92 Å². The molecule has 0 spiro atoms. The number of hydrogen-bond acceptors (Lipinski definition) is 9. The van der Waals surface area contributed by atoms with Crippen molar-refractivity contribution in [3.8, 4) is 12.3 Å². The van der Waals surface area contributed by atoms with Crippen LogP contribution in [0.15, 0.2) is 6.33 Å². The van der Waals surface area contributed by atoms with Crippen molar-refractivity contribution in [3.63, 3.8) is 0 Å². The van der Waals surface area contributed by atoms with Crippen LogP contribution >= 0.6 is 0 Å². The van der Waals surface area contributed by atoms with Gasteiger partial charge in [0, 0.05) is 11.8 Å². The van der Waals surface area contributed by atoms with Crippen LogP contribution in [0.25, 0.3) is 11.2 Å². The minimum atomic E-state index is -1.60. The lowest BCUT2D eigenvalue weighted by molar-refractivity contribution is -0.111. The van der Waals surface area contributed by atoms with Crippen molar-refractivity contribution in [2.45, 2.75) is 62.9 Å². The largest absolute Gasteiger partial charge is 0.508 e. The predicted octanol–water partition coefficient (Wildman–Crippen LogP) is 2.57. The number of fused-ring (bicyclic) bond motifs is 1. The third-order valence-corrected chi connectivity index (χ3v) is 8.35. The van der Waals surface area contributed by atoms with Crippen LogP contribution in [0.3, 0.4) is 0 Å². The van der Waals surface area contributed by atoms with Gasteiger partial charge < -0.3 is 25.1 Å². The van der Waals surface area contributed by atoms with Crippen molar-refractivity contribution in [2.75, 3.05) is 18.9 Å². The van der Waals surface area contributed by atoms with Gasteiger partial charge in [-0.05, 0) is 56.3 Å². The lowest BCUT2D eigenvalue weighted by Crippen LogP contribution is -2.48. The second kappa shape index (κ2) is 8.03. The molecular formula is C24H28FN5O5. The fraction of sp³-hybridized carbons (Fsp3) is 0.667. The molecular weight excluding hydrogens is 457 g/mol. The third kappa shape index (κ3) is 3.79. The molecule has 3 heterocycles. The van der Waals surface area contributed by atoms with Crippen LogP contribution in [0, 0.1) is 41.6 Å². The van der Waals surface area contributed by atoms with E-state index in [4.69, 9.17) is 26.4 Å². The lowest BCUT2D eigenvalue weighted by Gasteiger charge is -2.56. The number of nitrogens with two attached hydrogens (primary N) is 1. The Morgan fingerprint density at radius 1 is 1.20 bits per heavy atom. The second-order valence-electron chi connectivity index (χ2n) is 10.8. The molecule has 11 heteroatoms. The van der Waals surface area contributed by atoms with E-state index in [-0.39, 0.29) is 35.4 Å². The number of nitrogen functional groups attached to an aromatic ring is 1. The minimum Gasteiger partial charge on any atom is -0.434 e. The Bertz CT molecular complexity index is 1180. The monoisotopic (exact) mass is 485 g/mol. The fourth-order valence-electron chi connectivity index (χ4n) is 7.23. The summed E-state index contributed by atoms with van der Waals surface area (Å²) >= 11 is 0. The van der Waals surface area contributed by atoms with Crippen LogP contribution < -0.4 is 5.73 Å². The van der Waals surface area contributed by atoms with Crippen molar-refractivity contribution in [1.29, 1.82) is 0 Å². The number of aromatic nitrogens is 4. The first kappa shape index (κ1) is 22.5. The molecule has 35 heavy (non-hydrogen) atoms. The number of halogens is 1. The summed E-state index contributed by atoms with van der Waals surface area (Å²) in [6.45, 7) is -0.0445. The maximum atomic E-state index is 13.7. The minimum absolute atomic E-state index is 0.0485. The van der Waals surface area contributed by atoms with E-state index in [9.17, 15) is 14.3 Å². The molecule has 3 atom stereocenters. The van der Waals surface area contributed by atoms with Crippen LogP contribution in [0.2, 0.25) is 0 Å². The number of nitrogens with zero attached hydrogens (tertiary/aromatic N) is 4. The van der Waals surface area contributed by atoms with Crippen molar-refractivity contribution in [2.24, 2.45) is 23.2 Å². The van der Waals surface area contributed by atoms with Gasteiger partial charge in [-0.25, -0.2) is 9.78 Å². The molecule has 0 radical (unpaired) electrons. The molecule has 0 unspecified atom stereocenters. The molecule has 5 fully saturated rings. The normalized spacial score (nSPS) is 37.5. The van der Waals surface area contributed by atoms with Crippen LogP contribution in [-0.2, 0) is 14.2 Å². The van der Waals surface area contributed by atoms with E-state index >= 15 is 0 Å². The van der Waals surface area contributed by atoms with Gasteiger partial charge in [-0.2, -0.15) is 14.4 Å². The first-order chi connectivity index (χ1) is 16.8. The number of rotatable bonds is 5. The highest BCUT2D eigenvalue weighted by atomic mass is 19.1. The number of terminal acetylenes is 1. The summed E-state index contributed by atoms with van der Waals surface area (Å²) in [6.07, 6.45) is 10.5. The number of hydrogen-bond donors (Lipinski definition) is 2. The van der Waals surface area contributed by atoms with Gasteiger partial charge in [-0.15, -0.1) is 6.42 Å². The molecule has 10 nitrogen and oxygen atoms in total. The van der Waals surface area contributed by atoms with Crippen LogP contribution in [0.5, 0.6) is 0 Å². The second-order valence-corrected chi connectivity index (χ2v) is 10.8. The third-order valence-electron chi connectivity index (χ3n) is 8.35. The number of aliphatic hydroxyl groups is 1. The molecule has 0 aromatic carbocycles. The standard InChI is InChI=1S/C24H28FN5O5/c1-2-24(11-34-22(32)33-10-23-7-13-3-14(8-23)5-15(4-13)9-23)16(31)6-17(35-24)30-12-27-18-19(26)28-21(25)29-20(18)30/h1,12-17,31H,3-11H2,(H2,26,28,29)/t13?,14?,15?,16-,17+,23?,24+/m0/s1. The zero-order chi connectivity index (χ0) is 24.4. The summed E-state index contributed by atoms with van der Waals surface area (Å²) in [4.78, 5) is 23.8. The van der Waals surface area contributed by atoms with E-state index in [1.54, 1.807) is 0 Å². The zero-order valence-electron chi connectivity index (χ0n) is 19.2. The van der Waals surface area contributed by atoms with E-state index in [0.29, 0.717) is 6.61 Å². The molecule has 2 aromatic heterocycles. The molecule has 4 bridgehead atoms. The molecule has 1 saturated heterocycles. The average molecular weight is 486 g/mol. The molecule has 5 aliphatic rings. The van der Waals surface area contributed by atoms with Crippen LogP contribution in [0.1, 0.15) is 51.2 Å². The average Bonchev–Trinajstić information content (AvgIpc) is 3.37. The van der Waals surface area contributed by atoms with Crippen molar-refractivity contribution < 1.29 is 28.5 Å². The molecule has 2 aromatic rings. The van der Waals surface area contributed by atoms with E-state index < -0.39 is 30.2 Å². The highest BCUT2D eigenvalue weighted by Crippen LogP contribution is 2.60. The summed E-state index contributed by atoms with van der Waals surface area (Å²) < 4.78 is 32.0. The highest BCUT2D eigenvalue weighted by Gasteiger charge is 2.52. The number of aliphatic hydroxyl groups excluding tert-OH is 1. The maximum absolute atomic E-state index is 13.7. The first-order valence-corrected chi connectivity index (χ1v) is 12.1. The molecule has 7 rings (SSSR count). The van der Waals surface area contributed by atoms with E-state index in [0.717, 1.165) is 37.0 Å². The molecule has 3 N–H and O–H groups in total. The molecule has 4 saturated carbocycles. The first-order valence-electron chi connectivity index (χ1n) is 12.1. The zero-order valence-corrected chi connectivity index (χ0v) is 19.2. The Morgan fingerprint density at radius 3 is 2.51 bits per heavy atom. The van der Waals surface area contributed by atoms with Gasteiger partial charge in [0.05, 0.1) is 6.33 Å². The molecule has 186 valence electrons. The van der Waals surface area contributed by atoms with Gasteiger partial charge in [0.2, 0.25) is 0 Å². The molecule has 4 aliphatic carbocycles. The van der Waals surface area contributed by atoms with Crippen LogP contribution in [-0.4, -0.2) is 55.7 Å². The van der Waals surface area contributed by atoms with E-state index in [1.165, 1.54) is 30.2 Å². The summed E-state index contributed by atoms with van der Waals surface area (Å²) in [7, 11) is 0. The maximum Gasteiger partial charge on any atom is 0.508 e. The van der Waals surface area contributed by atoms with Gasteiger partial charge in [0.15, 0.2) is 22.6 Å². The van der Waals surface area contributed by atoms with Gasteiger partial charge in [0.1, 0.15) is 25.5 Å². The lowest BCUT2D eigenvalue weighted by atomic mass is 9.50. The summed E-state index contributed by atoms with van der Waals surface area (Å²) in [5, 5.41) is 10.7. The Morgan fingerprint density at radius 2 is 1.86 bits per heavy atom. The number of imidazole rings is 1. The van der Waals surface area contributed by atoms with Gasteiger partial charge >= 0.3 is 12.2 Å². The van der Waals surface area contributed by atoms with Crippen molar-refractivity contribution in [1.82, 2.24) is 19.5 Å². The number of anilines is 1. The Kier molecular flexibility index (Phi) is 5.16. The Hall–Kier alpha value is -2.97. The summed E-state index contributed by atoms with van der Waals surface area (Å²) in [6, 6.07) is 0. The Labute approximate surface area is 201 Å². The molecule has 1 aliphatic heterocycles. The number of ether oxygens (including phenoxy) is 3. The number of carbonyl (C=O) groups excluding carboxylic acids is 1. The van der Waals surface area contributed by atoms with E-state index in [1.807, 2.05) is 0 Å². The number of carbonyl (C=O) groups is 1. The molecule has 0 amide bonds. The summed E-state index contributed by atoms with van der Waals surface area (Å²) in [5.41, 5.74) is 4.49. The van der Waals surface area contributed by atoms with E-state index in [2.05, 4.69) is 20.9 Å². The predicted molar refractivity (Wildman–Crippen MR) is 120 cm³/mol. The SMILES string of the molecule is C#C[C@]1(COC(=O)OCC23CC4CC(CC(C4)C2)C3)O[C@@H](n2cnc3c(N)nc(F)nc32)C[C@@H]1O. The topological polar surface area (TPSA) is 135 Å². The van der Waals surface area contributed by atoms with Gasteiger partial charge in [-0.3, -0.25) is 4.57 Å². The fourth-order valence-corrected chi connectivity index (χ4v) is 7.23. The van der Waals surface area contributed by atoms with Gasteiger partial charge in [0.25, 0.3) is 0 Å². The smallest absolute Gasteiger partial charge is 0.434 e. The van der Waals surface area contributed by atoms with Crippen molar-refractivity contribution in [3.05, 3.63) is 12.4 Å². The van der Waals surface area contributed by atoms with Crippen LogP contribution in [0.4, 0.5) is 15.0 Å². The van der Waals surface area contributed by atoms with Crippen molar-refractivity contribution >= 4 is 23.1 Å². The highest BCUT2D eigenvalue weighted by molar-refractivity contribution is 5.81.